The van der Waals surface area contributed by atoms with Crippen molar-refractivity contribution in [2.75, 3.05) is 12.4 Å². The summed E-state index contributed by atoms with van der Waals surface area (Å²) in [5, 5.41) is 5.56. The third kappa shape index (κ3) is 2.40. The van der Waals surface area contributed by atoms with Crippen LogP contribution in [0.2, 0.25) is 0 Å². The second kappa shape index (κ2) is 5.57. The Labute approximate surface area is 117 Å². The third-order valence-corrected chi connectivity index (χ3v) is 3.20. The molecule has 0 saturated carbocycles. The summed E-state index contributed by atoms with van der Waals surface area (Å²) in [7, 11) is 1.64. The Morgan fingerprint density at radius 2 is 1.85 bits per heavy atom. The van der Waals surface area contributed by atoms with Gasteiger partial charge in [-0.15, -0.1) is 0 Å². The fourth-order valence-electron chi connectivity index (χ4n) is 2.20. The molecule has 100 valence electrons. The molecule has 2 aromatic heterocycles. The first-order chi connectivity index (χ1) is 9.88. The molecule has 4 nitrogen and oxygen atoms in total. The van der Waals surface area contributed by atoms with E-state index in [1.807, 2.05) is 30.3 Å². The molecule has 0 spiro atoms. The highest BCUT2D eigenvalue weighted by molar-refractivity contribution is 5.96. The lowest BCUT2D eigenvalue weighted by atomic mass is 10.1. The minimum absolute atomic E-state index is 0.648. The first kappa shape index (κ1) is 12.4. The topological polar surface area (TPSA) is 47.0 Å². The highest BCUT2D eigenvalue weighted by atomic mass is 16.5. The lowest BCUT2D eigenvalue weighted by Gasteiger charge is -2.11. The summed E-state index contributed by atoms with van der Waals surface area (Å²) in [6, 6.07) is 12.1. The van der Waals surface area contributed by atoms with Crippen molar-refractivity contribution >= 4 is 16.5 Å². The average molecular weight is 265 g/mol. The Hall–Kier alpha value is -2.62. The number of pyridine rings is 2. The lowest BCUT2D eigenvalue weighted by molar-refractivity contribution is 0.403. The largest absolute Gasteiger partial charge is 0.481 e. The monoisotopic (exact) mass is 265 g/mol. The molecule has 1 aromatic carbocycles. The number of aromatic nitrogens is 2. The Morgan fingerprint density at radius 3 is 2.65 bits per heavy atom. The van der Waals surface area contributed by atoms with E-state index in [-0.39, 0.29) is 0 Å². The molecule has 1 N–H and O–H groups in total. The maximum atomic E-state index is 5.30. The summed E-state index contributed by atoms with van der Waals surface area (Å²) in [5.74, 6) is 0.648. The molecule has 0 aliphatic carbocycles. The van der Waals surface area contributed by atoms with E-state index in [1.165, 1.54) is 5.56 Å². The van der Waals surface area contributed by atoms with Crippen LogP contribution >= 0.6 is 0 Å². The summed E-state index contributed by atoms with van der Waals surface area (Å²) < 4.78 is 5.30. The van der Waals surface area contributed by atoms with Gasteiger partial charge in [-0.1, -0.05) is 6.07 Å². The minimum atomic E-state index is 0.648. The highest BCUT2D eigenvalue weighted by Gasteiger charge is 2.05. The number of hydrogen-bond acceptors (Lipinski definition) is 4. The highest BCUT2D eigenvalue weighted by Crippen LogP contribution is 2.28. The van der Waals surface area contributed by atoms with E-state index in [1.54, 1.807) is 25.7 Å². The third-order valence-electron chi connectivity index (χ3n) is 3.20. The van der Waals surface area contributed by atoms with E-state index in [9.17, 15) is 0 Å². The predicted molar refractivity (Wildman–Crippen MR) is 79.9 cm³/mol. The molecule has 0 saturated heterocycles. The molecule has 0 aliphatic rings. The average Bonchev–Trinajstić information content (AvgIpc) is 2.53. The quantitative estimate of drug-likeness (QED) is 0.786. The van der Waals surface area contributed by atoms with Crippen LogP contribution in [0, 0.1) is 0 Å². The molecule has 0 unspecified atom stereocenters. The van der Waals surface area contributed by atoms with Crippen LogP contribution < -0.4 is 10.1 Å². The fraction of sp³-hybridized carbons (Fsp3) is 0.125. The van der Waals surface area contributed by atoms with E-state index in [2.05, 4.69) is 21.4 Å². The minimum Gasteiger partial charge on any atom is -0.481 e. The molecule has 0 aliphatic heterocycles. The standard InChI is InChI=1S/C16H15N3O/c1-20-16-14-3-2-4-15(13(14)7-10-18-16)19-11-12-5-8-17-9-6-12/h2-10,19H,11H2,1H3. The first-order valence-electron chi connectivity index (χ1n) is 6.43. The molecule has 0 amide bonds. The smallest absolute Gasteiger partial charge is 0.221 e. The van der Waals surface area contributed by atoms with Crippen molar-refractivity contribution in [3.05, 3.63) is 60.6 Å². The molecule has 3 rings (SSSR count). The molecule has 2 heterocycles. The van der Waals surface area contributed by atoms with Gasteiger partial charge in [0.2, 0.25) is 5.88 Å². The molecule has 20 heavy (non-hydrogen) atoms. The van der Waals surface area contributed by atoms with E-state index in [0.29, 0.717) is 5.88 Å². The molecule has 0 fully saturated rings. The number of hydrogen-bond donors (Lipinski definition) is 1. The maximum Gasteiger partial charge on any atom is 0.221 e. The Morgan fingerprint density at radius 1 is 1.00 bits per heavy atom. The van der Waals surface area contributed by atoms with Crippen molar-refractivity contribution in [2.45, 2.75) is 6.54 Å². The van der Waals surface area contributed by atoms with Crippen LogP contribution in [0.1, 0.15) is 5.56 Å². The number of ether oxygens (including phenoxy) is 1. The van der Waals surface area contributed by atoms with Gasteiger partial charge in [-0.2, -0.15) is 0 Å². The molecule has 4 heteroatoms. The summed E-state index contributed by atoms with van der Waals surface area (Å²) in [4.78, 5) is 8.25. The molecular formula is C16H15N3O. The maximum absolute atomic E-state index is 5.30. The second-order valence-electron chi connectivity index (χ2n) is 4.43. The van der Waals surface area contributed by atoms with E-state index >= 15 is 0 Å². The molecule has 0 bridgehead atoms. The van der Waals surface area contributed by atoms with Gasteiger partial charge in [0.15, 0.2) is 0 Å². The zero-order valence-corrected chi connectivity index (χ0v) is 11.2. The normalized spacial score (nSPS) is 10.4. The number of nitrogens with zero attached hydrogens (tertiary/aromatic N) is 2. The fourth-order valence-corrected chi connectivity index (χ4v) is 2.20. The van der Waals surface area contributed by atoms with Crippen LogP contribution in [-0.2, 0) is 6.54 Å². The summed E-state index contributed by atoms with van der Waals surface area (Å²) in [5.41, 5.74) is 2.26. The zero-order valence-electron chi connectivity index (χ0n) is 11.2. The van der Waals surface area contributed by atoms with Gasteiger partial charge < -0.3 is 10.1 Å². The number of anilines is 1. The molecule has 3 aromatic rings. The van der Waals surface area contributed by atoms with Gasteiger partial charge in [-0.3, -0.25) is 4.98 Å². The summed E-state index contributed by atoms with van der Waals surface area (Å²) >= 11 is 0. The van der Waals surface area contributed by atoms with Gasteiger partial charge in [0, 0.05) is 41.6 Å². The van der Waals surface area contributed by atoms with Gasteiger partial charge in [-0.05, 0) is 35.9 Å². The van der Waals surface area contributed by atoms with Gasteiger partial charge in [0.25, 0.3) is 0 Å². The zero-order chi connectivity index (χ0) is 13.8. The van der Waals surface area contributed by atoms with Gasteiger partial charge in [0.1, 0.15) is 0 Å². The van der Waals surface area contributed by atoms with Gasteiger partial charge in [-0.25, -0.2) is 4.98 Å². The predicted octanol–water partition coefficient (Wildman–Crippen LogP) is 3.25. The van der Waals surface area contributed by atoms with Crippen LogP contribution in [0.25, 0.3) is 10.8 Å². The van der Waals surface area contributed by atoms with E-state index < -0.39 is 0 Å². The Balaban J connectivity index is 1.92. The van der Waals surface area contributed by atoms with E-state index in [4.69, 9.17) is 4.74 Å². The summed E-state index contributed by atoms with van der Waals surface area (Å²) in [6.07, 6.45) is 5.36. The number of fused-ring (bicyclic) bond motifs is 1. The summed E-state index contributed by atoms with van der Waals surface area (Å²) in [6.45, 7) is 0.756. The first-order valence-corrected chi connectivity index (χ1v) is 6.43. The van der Waals surface area contributed by atoms with Crippen LogP contribution in [0.15, 0.2) is 55.0 Å². The molecule has 0 radical (unpaired) electrons. The van der Waals surface area contributed by atoms with Crippen LogP contribution in [0.5, 0.6) is 5.88 Å². The van der Waals surface area contributed by atoms with E-state index in [0.717, 1.165) is 23.0 Å². The van der Waals surface area contributed by atoms with Crippen molar-refractivity contribution in [3.8, 4) is 5.88 Å². The van der Waals surface area contributed by atoms with Crippen molar-refractivity contribution in [1.82, 2.24) is 9.97 Å². The molecule has 0 atom stereocenters. The van der Waals surface area contributed by atoms with Crippen molar-refractivity contribution in [3.63, 3.8) is 0 Å². The Bertz CT molecular complexity index is 713. The van der Waals surface area contributed by atoms with Crippen molar-refractivity contribution < 1.29 is 4.74 Å². The second-order valence-corrected chi connectivity index (χ2v) is 4.43. The van der Waals surface area contributed by atoms with Crippen molar-refractivity contribution in [2.24, 2.45) is 0 Å². The van der Waals surface area contributed by atoms with Crippen LogP contribution in [-0.4, -0.2) is 17.1 Å². The van der Waals surface area contributed by atoms with Gasteiger partial charge in [0.05, 0.1) is 7.11 Å². The lowest BCUT2D eigenvalue weighted by Crippen LogP contribution is -2.00. The SMILES string of the molecule is COc1nccc2c(NCc3ccncc3)cccc12. The van der Waals surface area contributed by atoms with Gasteiger partial charge >= 0.3 is 0 Å². The van der Waals surface area contributed by atoms with Crippen LogP contribution in [0.4, 0.5) is 5.69 Å². The Kier molecular flexibility index (Phi) is 3.46. The molecular weight excluding hydrogens is 250 g/mol. The number of nitrogens with one attached hydrogen (secondary N) is 1. The van der Waals surface area contributed by atoms with Crippen molar-refractivity contribution in [1.29, 1.82) is 0 Å². The number of rotatable bonds is 4. The van der Waals surface area contributed by atoms with Crippen LogP contribution in [0.3, 0.4) is 0 Å². The number of benzene rings is 1. The number of methoxy groups -OCH3 is 1.